The fraction of sp³-hybridized carbons (Fsp3) is 0.120. The molecule has 0 saturated carbocycles. The maximum absolute atomic E-state index is 2.58. The summed E-state index contributed by atoms with van der Waals surface area (Å²) >= 11 is 1.77. The minimum absolute atomic E-state index is 0.272. The van der Waals surface area contributed by atoms with E-state index in [4.69, 9.17) is 0 Å². The summed E-state index contributed by atoms with van der Waals surface area (Å²) in [5, 5.41) is 35.3. The van der Waals surface area contributed by atoms with Gasteiger partial charge in [-0.15, -0.1) is 0 Å². The number of thiophene rings is 1. The van der Waals surface area contributed by atoms with E-state index >= 15 is 0 Å². The van der Waals surface area contributed by atoms with Crippen molar-refractivity contribution in [2.75, 3.05) is 0 Å². The van der Waals surface area contributed by atoms with Gasteiger partial charge in [-0.05, 0) is 314 Å². The van der Waals surface area contributed by atoms with Crippen molar-refractivity contribution in [2.24, 2.45) is 0 Å². The van der Waals surface area contributed by atoms with Crippen molar-refractivity contribution in [3.05, 3.63) is 288 Å². The first-order chi connectivity index (χ1) is 50.3. The number of hydrogen-bond donors (Lipinski definition) is 0. The quantitative estimate of drug-likeness (QED) is 0.127. The first-order valence-corrected chi connectivity index (χ1v) is 37.9. The molecule has 22 rings (SSSR count). The lowest BCUT2D eigenvalue weighted by Crippen LogP contribution is -2.02. The zero-order valence-corrected chi connectivity index (χ0v) is 59.8. The van der Waals surface area contributed by atoms with E-state index in [0.29, 0.717) is 11.8 Å². The van der Waals surface area contributed by atoms with E-state index in [9.17, 15) is 0 Å². The Morgan fingerprint density at radius 2 is 0.515 bits per heavy atom. The van der Waals surface area contributed by atoms with E-state index in [1.807, 2.05) is 0 Å². The largest absolute Gasteiger partial charge is 0.308 e. The van der Waals surface area contributed by atoms with E-state index in [0.717, 1.165) is 0 Å². The van der Waals surface area contributed by atoms with Crippen LogP contribution in [0.4, 0.5) is 0 Å². The van der Waals surface area contributed by atoms with Gasteiger partial charge in [-0.25, -0.2) is 0 Å². The molecule has 488 valence electrons. The lowest BCUT2D eigenvalue weighted by atomic mass is 9.80. The minimum Gasteiger partial charge on any atom is -0.308 e. The van der Waals surface area contributed by atoms with Crippen LogP contribution in [0.25, 0.3) is 218 Å². The molecule has 0 atom stereocenters. The van der Waals surface area contributed by atoms with Gasteiger partial charge in [0.05, 0.1) is 33.1 Å². The van der Waals surface area contributed by atoms with E-state index in [-0.39, 0.29) is 11.8 Å². The summed E-state index contributed by atoms with van der Waals surface area (Å²) in [6, 6.07) is 100.0. The molecule has 5 aromatic heterocycles. The van der Waals surface area contributed by atoms with E-state index in [1.54, 1.807) is 11.3 Å². The second kappa shape index (κ2) is 21.5. The summed E-state index contributed by atoms with van der Waals surface area (Å²) in [5.41, 5.74) is 26.0. The Morgan fingerprint density at radius 3 is 0.922 bits per heavy atom. The molecule has 0 saturated heterocycles. The first-order valence-electron chi connectivity index (χ1n) is 37.0. The minimum atomic E-state index is 0.272. The van der Waals surface area contributed by atoms with Crippen LogP contribution in [0.3, 0.4) is 0 Å². The number of benzene rings is 17. The molecule has 0 spiro atoms. The van der Waals surface area contributed by atoms with Crippen molar-refractivity contribution in [2.45, 2.75) is 79.1 Å². The molecule has 0 bridgehead atoms. The van der Waals surface area contributed by atoms with E-state index < -0.39 is 0 Å². The molecule has 2 nitrogen and oxygen atoms in total. The first kappa shape index (κ1) is 59.1. The lowest BCUT2D eigenvalue weighted by molar-refractivity contribution is 0.838. The topological polar surface area (TPSA) is 8.82 Å². The fourth-order valence-corrected chi connectivity index (χ4v) is 19.7. The molecule has 0 aliphatic rings. The third kappa shape index (κ3) is 8.55. The Morgan fingerprint density at radius 1 is 0.214 bits per heavy atom. The van der Waals surface area contributed by atoms with Gasteiger partial charge in [0.25, 0.3) is 0 Å². The Labute approximate surface area is 600 Å². The van der Waals surface area contributed by atoms with E-state index in [2.05, 4.69) is 330 Å². The third-order valence-corrected chi connectivity index (χ3v) is 24.6. The van der Waals surface area contributed by atoms with Gasteiger partial charge in [-0.2, -0.15) is 11.3 Å². The van der Waals surface area contributed by atoms with Crippen LogP contribution in [0.2, 0.25) is 0 Å². The smallest absolute Gasteiger partial charge is 0.0620 e. The summed E-state index contributed by atoms with van der Waals surface area (Å²) in [5.74, 6) is 1.39. The molecule has 0 unspecified atom stereocenters. The molecule has 103 heavy (non-hydrogen) atoms. The van der Waals surface area contributed by atoms with Crippen molar-refractivity contribution >= 4 is 174 Å². The van der Waals surface area contributed by atoms with Crippen LogP contribution in [-0.2, 0) is 0 Å². The normalized spacial score (nSPS) is 12.8. The Bertz CT molecular complexity index is 7300. The maximum Gasteiger partial charge on any atom is 0.0620 e. The van der Waals surface area contributed by atoms with Gasteiger partial charge >= 0.3 is 0 Å². The van der Waals surface area contributed by atoms with Gasteiger partial charge in [0.1, 0.15) is 0 Å². The zero-order chi connectivity index (χ0) is 68.7. The molecular weight excluding hydrogens is 1260 g/mol. The highest BCUT2D eigenvalue weighted by molar-refractivity contribution is 7.09. The predicted molar refractivity (Wildman–Crippen MR) is 448 cm³/mol. The van der Waals surface area contributed by atoms with Crippen molar-refractivity contribution in [1.82, 2.24) is 8.80 Å². The number of aromatic nitrogens is 2. The van der Waals surface area contributed by atoms with Crippen molar-refractivity contribution in [3.8, 4) is 55.6 Å². The number of hydrogen-bond acceptors (Lipinski definition) is 1. The average molecular weight is 1330 g/mol. The monoisotopic (exact) mass is 1330 g/mol. The van der Waals surface area contributed by atoms with Crippen molar-refractivity contribution in [1.29, 1.82) is 0 Å². The van der Waals surface area contributed by atoms with Gasteiger partial charge in [-0.1, -0.05) is 195 Å². The lowest BCUT2D eigenvalue weighted by Gasteiger charge is -2.24. The Kier molecular flexibility index (Phi) is 12.3. The molecule has 0 radical (unpaired) electrons. The molecular formula is C100H72N2S. The van der Waals surface area contributed by atoms with Gasteiger partial charge in [-0.3, -0.25) is 0 Å². The number of nitrogens with zero attached hydrogens (tertiary/aromatic N) is 2. The summed E-state index contributed by atoms with van der Waals surface area (Å²) in [6.45, 7) is 18.9. The van der Waals surface area contributed by atoms with Gasteiger partial charge in [0.15, 0.2) is 0 Å². The van der Waals surface area contributed by atoms with Crippen molar-refractivity contribution < 1.29 is 0 Å². The second-order valence-electron chi connectivity index (χ2n) is 31.2. The van der Waals surface area contributed by atoms with Crippen LogP contribution >= 0.6 is 11.3 Å². The van der Waals surface area contributed by atoms with Crippen LogP contribution in [-0.4, -0.2) is 8.80 Å². The Hall–Kier alpha value is -11.6. The molecule has 17 aromatic carbocycles. The van der Waals surface area contributed by atoms with Gasteiger partial charge < -0.3 is 8.80 Å². The number of rotatable bonds is 9. The standard InChI is InChI=1S/C100H72N2S/c1-53(2)79-18-13-19-80(54(3)4)97(79)76-33-66-25-27-68-35-77(36-69-28-26-67(34-76)95(66)96(68)69)98-81(55(5)6)39-74(40-82(98)56(7)8)75-45-89-84-38-58-15-10-12-17-60(58)48-92(84)102-94-50-65-23-21-62(31-72(65)42-86(94)90(46-75)100(89)102)61-20-22-64-49-93-85(41-71(64)30-61)88-44-73(63-24-29-70-51-103-52-78(70)32-63)43-87-83-37-57-14-9-11-16-59(57)47-91(83)101(93)99(87)88/h9-56H,1-8H3. The zero-order valence-electron chi connectivity index (χ0n) is 59.0. The molecule has 5 heterocycles. The van der Waals surface area contributed by atoms with E-state index in [1.165, 1.54) is 240 Å². The molecule has 0 fully saturated rings. The highest BCUT2D eigenvalue weighted by Crippen LogP contribution is 2.51. The highest BCUT2D eigenvalue weighted by Gasteiger charge is 2.27. The van der Waals surface area contributed by atoms with Crippen LogP contribution in [0.15, 0.2) is 266 Å². The van der Waals surface area contributed by atoms with Gasteiger partial charge in [0.2, 0.25) is 0 Å². The molecule has 0 aliphatic carbocycles. The SMILES string of the molecule is CC(C)c1cccc(C(C)C)c1-c1cc2ccc3cc(-c4c(C(C)C)cc(-c5cc6c7cc8ccccc8cc7n7c8cc9ccc(-c%10ccc%11cc%12c(cc%11c%10)c%10cc(-c%11ccc%13cscc%13c%11)cc%11c%13cc%14ccccc%14cc%13n%12c%11%10)cc9cc8c(c5)c67)cc4C(C)C)cc4ccc(c1)c2c34. The van der Waals surface area contributed by atoms with Crippen LogP contribution in [0.1, 0.15) is 101 Å². The molecule has 0 amide bonds. The Balaban J connectivity index is 0.691. The number of fused-ring (bicyclic) bond motifs is 17. The van der Waals surface area contributed by atoms with Crippen LogP contribution in [0, 0.1) is 0 Å². The molecule has 0 aliphatic heterocycles. The van der Waals surface area contributed by atoms with Gasteiger partial charge in [0, 0.05) is 43.1 Å². The fourth-order valence-electron chi connectivity index (χ4n) is 18.9. The summed E-state index contributed by atoms with van der Waals surface area (Å²) in [7, 11) is 0. The van der Waals surface area contributed by atoms with Crippen molar-refractivity contribution in [3.63, 3.8) is 0 Å². The van der Waals surface area contributed by atoms with Crippen LogP contribution in [0.5, 0.6) is 0 Å². The second-order valence-corrected chi connectivity index (χ2v) is 32.0. The summed E-state index contributed by atoms with van der Waals surface area (Å²) < 4.78 is 5.13. The maximum atomic E-state index is 2.58. The third-order valence-electron chi connectivity index (χ3n) is 23.8. The molecule has 3 heteroatoms. The highest BCUT2D eigenvalue weighted by atomic mass is 32.1. The van der Waals surface area contributed by atoms with Crippen LogP contribution < -0.4 is 0 Å². The summed E-state index contributed by atoms with van der Waals surface area (Å²) in [6.07, 6.45) is 0. The predicted octanol–water partition coefficient (Wildman–Crippen LogP) is 29.5. The average Bonchev–Trinajstić information content (AvgIpc) is 1.56. The molecule has 0 N–H and O–H groups in total. The molecule has 22 aromatic rings. The summed E-state index contributed by atoms with van der Waals surface area (Å²) in [4.78, 5) is 0.